The summed E-state index contributed by atoms with van der Waals surface area (Å²) in [6.45, 7) is 5.29. The van der Waals surface area contributed by atoms with Crippen LogP contribution in [0, 0.1) is 0 Å². The van der Waals surface area contributed by atoms with Gasteiger partial charge in [0.15, 0.2) is 6.61 Å². The molecule has 2 rings (SSSR count). The van der Waals surface area contributed by atoms with Gasteiger partial charge in [-0.1, -0.05) is 12.6 Å². The Balaban J connectivity index is 2.20. The van der Waals surface area contributed by atoms with Crippen LogP contribution in [0.2, 0.25) is 0 Å². The van der Waals surface area contributed by atoms with E-state index < -0.39 is 0 Å². The van der Waals surface area contributed by atoms with Crippen LogP contribution in [0.15, 0.2) is 30.9 Å². The molecule has 1 aromatic carbocycles. The molecule has 1 aromatic rings. The summed E-state index contributed by atoms with van der Waals surface area (Å²) in [5.74, 6) is 0.225. The van der Waals surface area contributed by atoms with E-state index in [1.165, 1.54) is 6.08 Å². The summed E-state index contributed by atoms with van der Waals surface area (Å²) in [6.07, 6.45) is 1.22. The number of rotatable bonds is 3. The van der Waals surface area contributed by atoms with Crippen molar-refractivity contribution in [1.82, 2.24) is 5.32 Å². The first-order valence-corrected chi connectivity index (χ1v) is 5.59. The van der Waals surface area contributed by atoms with E-state index in [0.717, 1.165) is 5.56 Å². The number of ether oxygens (including phenoxy) is 1. The van der Waals surface area contributed by atoms with Crippen molar-refractivity contribution in [3.8, 4) is 5.75 Å². The van der Waals surface area contributed by atoms with Crippen molar-refractivity contribution < 1.29 is 14.3 Å². The highest BCUT2D eigenvalue weighted by Crippen LogP contribution is 2.30. The molecule has 1 aliphatic heterocycles. The molecule has 1 unspecified atom stereocenters. The third-order valence-electron chi connectivity index (χ3n) is 2.68. The summed E-state index contributed by atoms with van der Waals surface area (Å²) in [5.41, 5.74) is 1.51. The first kappa shape index (κ1) is 12.2. The molecule has 1 aliphatic rings. The van der Waals surface area contributed by atoms with Gasteiger partial charge in [0.25, 0.3) is 5.91 Å². The normalized spacial score (nSPS) is 14.8. The topological polar surface area (TPSA) is 67.4 Å². The minimum absolute atomic E-state index is 0.0368. The first-order valence-electron chi connectivity index (χ1n) is 5.59. The Morgan fingerprint density at radius 3 is 3.11 bits per heavy atom. The fraction of sp³-hybridized carbons (Fsp3) is 0.231. The number of fused-ring (bicyclic) bond motifs is 1. The van der Waals surface area contributed by atoms with Crippen molar-refractivity contribution >= 4 is 17.5 Å². The molecular formula is C13H14N2O3. The van der Waals surface area contributed by atoms with Crippen molar-refractivity contribution in [3.63, 3.8) is 0 Å². The highest BCUT2D eigenvalue weighted by atomic mass is 16.5. The lowest BCUT2D eigenvalue weighted by Crippen LogP contribution is -2.27. The molecule has 1 heterocycles. The lowest BCUT2D eigenvalue weighted by atomic mass is 10.1. The predicted octanol–water partition coefficient (Wildman–Crippen LogP) is 1.38. The zero-order chi connectivity index (χ0) is 13.1. The maximum Gasteiger partial charge on any atom is 0.262 e. The van der Waals surface area contributed by atoms with Crippen LogP contribution in [0.3, 0.4) is 0 Å². The summed E-state index contributed by atoms with van der Waals surface area (Å²) in [5, 5.41) is 5.48. The van der Waals surface area contributed by atoms with E-state index in [1.54, 1.807) is 12.1 Å². The van der Waals surface area contributed by atoms with Gasteiger partial charge in [0.1, 0.15) is 5.75 Å². The average molecular weight is 246 g/mol. The van der Waals surface area contributed by atoms with Crippen LogP contribution in [0.1, 0.15) is 18.5 Å². The SMILES string of the molecule is C=CC(=O)NC(C)c1ccc2c(c1)NC(=O)CO2. The van der Waals surface area contributed by atoms with E-state index >= 15 is 0 Å². The highest BCUT2D eigenvalue weighted by Gasteiger charge is 2.17. The molecule has 5 nitrogen and oxygen atoms in total. The van der Waals surface area contributed by atoms with Crippen molar-refractivity contribution in [2.45, 2.75) is 13.0 Å². The Morgan fingerprint density at radius 1 is 1.61 bits per heavy atom. The average Bonchev–Trinajstić information content (AvgIpc) is 2.37. The number of carbonyl (C=O) groups is 2. The minimum atomic E-state index is -0.236. The molecule has 0 saturated carbocycles. The Bertz CT molecular complexity index is 511. The van der Waals surface area contributed by atoms with Crippen LogP contribution in [-0.2, 0) is 9.59 Å². The lowest BCUT2D eigenvalue weighted by Gasteiger charge is -2.20. The maximum atomic E-state index is 11.2. The smallest absolute Gasteiger partial charge is 0.262 e. The fourth-order valence-corrected chi connectivity index (χ4v) is 1.73. The molecule has 5 heteroatoms. The largest absolute Gasteiger partial charge is 0.482 e. The zero-order valence-electron chi connectivity index (χ0n) is 10.0. The second kappa shape index (κ2) is 4.91. The molecule has 0 aromatic heterocycles. The number of amides is 2. The van der Waals surface area contributed by atoms with E-state index in [4.69, 9.17) is 4.74 Å². The van der Waals surface area contributed by atoms with Gasteiger partial charge >= 0.3 is 0 Å². The molecule has 0 spiro atoms. The van der Waals surface area contributed by atoms with E-state index in [1.807, 2.05) is 13.0 Å². The van der Waals surface area contributed by atoms with Crippen molar-refractivity contribution in [2.24, 2.45) is 0 Å². The Kier molecular flexibility index (Phi) is 3.32. The summed E-state index contributed by atoms with van der Waals surface area (Å²) >= 11 is 0. The van der Waals surface area contributed by atoms with Gasteiger partial charge in [-0.15, -0.1) is 0 Å². The summed E-state index contributed by atoms with van der Waals surface area (Å²) < 4.78 is 5.26. The van der Waals surface area contributed by atoms with Crippen LogP contribution in [0.5, 0.6) is 5.75 Å². The molecule has 2 amide bonds. The summed E-state index contributed by atoms with van der Waals surface area (Å²) in [7, 11) is 0. The first-order chi connectivity index (χ1) is 8.60. The standard InChI is InChI=1S/C13H14N2O3/c1-3-12(16)14-8(2)9-4-5-11-10(6-9)15-13(17)7-18-11/h3-6,8H,1,7H2,2H3,(H,14,16)(H,15,17). The van der Waals surface area contributed by atoms with Gasteiger partial charge in [-0.05, 0) is 30.7 Å². The minimum Gasteiger partial charge on any atom is -0.482 e. The van der Waals surface area contributed by atoms with E-state index in [9.17, 15) is 9.59 Å². The van der Waals surface area contributed by atoms with Gasteiger partial charge in [-0.3, -0.25) is 9.59 Å². The van der Waals surface area contributed by atoms with Crippen LogP contribution >= 0.6 is 0 Å². The Morgan fingerprint density at radius 2 is 2.39 bits per heavy atom. The zero-order valence-corrected chi connectivity index (χ0v) is 10.0. The monoisotopic (exact) mass is 246 g/mol. The predicted molar refractivity (Wildman–Crippen MR) is 67.3 cm³/mol. The van der Waals surface area contributed by atoms with Crippen LogP contribution < -0.4 is 15.4 Å². The Labute approximate surface area is 105 Å². The number of benzene rings is 1. The molecule has 18 heavy (non-hydrogen) atoms. The van der Waals surface area contributed by atoms with Gasteiger partial charge in [0.05, 0.1) is 11.7 Å². The number of anilines is 1. The molecule has 0 aliphatic carbocycles. The molecular weight excluding hydrogens is 232 g/mol. The molecule has 0 fully saturated rings. The van der Waals surface area contributed by atoms with Crippen molar-refractivity contribution in [3.05, 3.63) is 36.4 Å². The highest BCUT2D eigenvalue weighted by molar-refractivity contribution is 5.95. The third-order valence-corrected chi connectivity index (χ3v) is 2.68. The van der Waals surface area contributed by atoms with E-state index in [2.05, 4.69) is 17.2 Å². The van der Waals surface area contributed by atoms with Gasteiger partial charge in [-0.25, -0.2) is 0 Å². The van der Waals surface area contributed by atoms with E-state index in [0.29, 0.717) is 11.4 Å². The Hall–Kier alpha value is -2.30. The van der Waals surface area contributed by atoms with Crippen LogP contribution in [0.4, 0.5) is 5.69 Å². The molecule has 0 radical (unpaired) electrons. The van der Waals surface area contributed by atoms with Gasteiger partial charge in [0, 0.05) is 0 Å². The fourth-order valence-electron chi connectivity index (χ4n) is 1.73. The molecule has 2 N–H and O–H groups in total. The molecule has 94 valence electrons. The number of carbonyl (C=O) groups excluding carboxylic acids is 2. The second-order valence-electron chi connectivity index (χ2n) is 4.03. The number of hydrogen-bond acceptors (Lipinski definition) is 3. The second-order valence-corrected chi connectivity index (χ2v) is 4.03. The number of hydrogen-bond donors (Lipinski definition) is 2. The van der Waals surface area contributed by atoms with Crippen molar-refractivity contribution in [2.75, 3.05) is 11.9 Å². The molecule has 1 atom stereocenters. The third kappa shape index (κ3) is 2.51. The maximum absolute atomic E-state index is 11.2. The molecule has 0 bridgehead atoms. The van der Waals surface area contributed by atoms with Gasteiger partial charge in [0.2, 0.25) is 5.91 Å². The lowest BCUT2D eigenvalue weighted by molar-refractivity contribution is -0.119. The van der Waals surface area contributed by atoms with E-state index in [-0.39, 0.29) is 24.5 Å². The quantitative estimate of drug-likeness (QED) is 0.792. The van der Waals surface area contributed by atoms with Crippen LogP contribution in [-0.4, -0.2) is 18.4 Å². The molecule has 0 saturated heterocycles. The van der Waals surface area contributed by atoms with Crippen molar-refractivity contribution in [1.29, 1.82) is 0 Å². The number of nitrogens with one attached hydrogen (secondary N) is 2. The van der Waals surface area contributed by atoms with Gasteiger partial charge in [-0.2, -0.15) is 0 Å². The summed E-state index contributed by atoms with van der Waals surface area (Å²) in [4.78, 5) is 22.4. The van der Waals surface area contributed by atoms with Crippen LogP contribution in [0.25, 0.3) is 0 Å². The summed E-state index contributed by atoms with van der Waals surface area (Å²) in [6, 6.07) is 5.26. The van der Waals surface area contributed by atoms with Gasteiger partial charge < -0.3 is 15.4 Å².